The van der Waals surface area contributed by atoms with Crippen LogP contribution in [0.3, 0.4) is 0 Å². The maximum absolute atomic E-state index is 5.63. The monoisotopic (exact) mass is 274 g/mol. The van der Waals surface area contributed by atoms with Crippen LogP contribution in [-0.4, -0.2) is 11.7 Å². The minimum atomic E-state index is 0.112. The molecule has 0 N–H and O–H groups in total. The van der Waals surface area contributed by atoms with Gasteiger partial charge in [-0.25, -0.2) is 0 Å². The van der Waals surface area contributed by atoms with Gasteiger partial charge in [0.05, 0.1) is 18.0 Å². The second-order valence-corrected chi connectivity index (χ2v) is 6.21. The SMILES string of the molecule is CCc1ccc(OC=CC(C)CCC2OC2(C)C)cc1. The summed E-state index contributed by atoms with van der Waals surface area (Å²) in [7, 11) is 0. The summed E-state index contributed by atoms with van der Waals surface area (Å²) in [5.41, 5.74) is 1.45. The van der Waals surface area contributed by atoms with Crippen LogP contribution in [0, 0.1) is 5.92 Å². The first-order valence-electron chi connectivity index (χ1n) is 7.61. The van der Waals surface area contributed by atoms with Gasteiger partial charge < -0.3 is 9.47 Å². The molecule has 2 atom stereocenters. The van der Waals surface area contributed by atoms with E-state index in [2.05, 4.69) is 45.9 Å². The zero-order chi connectivity index (χ0) is 14.6. The van der Waals surface area contributed by atoms with Crippen LogP contribution in [-0.2, 0) is 11.2 Å². The zero-order valence-corrected chi connectivity index (χ0v) is 13.1. The van der Waals surface area contributed by atoms with Crippen molar-refractivity contribution in [3.63, 3.8) is 0 Å². The second-order valence-electron chi connectivity index (χ2n) is 6.21. The highest BCUT2D eigenvalue weighted by Crippen LogP contribution is 2.39. The standard InChI is InChI=1S/C18H26O2/c1-5-15-7-9-16(10-8-15)19-13-12-14(2)6-11-17-18(3,4)20-17/h7-10,12-14,17H,5-6,11H2,1-4H3. The van der Waals surface area contributed by atoms with Crippen molar-refractivity contribution in [2.75, 3.05) is 0 Å². The van der Waals surface area contributed by atoms with Gasteiger partial charge in [0.1, 0.15) is 5.75 Å². The molecule has 20 heavy (non-hydrogen) atoms. The van der Waals surface area contributed by atoms with Crippen molar-refractivity contribution in [2.24, 2.45) is 5.92 Å². The summed E-state index contributed by atoms with van der Waals surface area (Å²) >= 11 is 0. The summed E-state index contributed by atoms with van der Waals surface area (Å²) in [6.45, 7) is 8.68. The molecule has 0 aliphatic carbocycles. The van der Waals surface area contributed by atoms with E-state index in [0.29, 0.717) is 12.0 Å². The first-order chi connectivity index (χ1) is 9.51. The van der Waals surface area contributed by atoms with Gasteiger partial charge in [-0.15, -0.1) is 0 Å². The van der Waals surface area contributed by atoms with Crippen molar-refractivity contribution in [1.82, 2.24) is 0 Å². The van der Waals surface area contributed by atoms with Gasteiger partial charge in [-0.05, 0) is 62.8 Å². The molecule has 0 radical (unpaired) electrons. The van der Waals surface area contributed by atoms with Crippen molar-refractivity contribution in [2.45, 2.75) is 58.7 Å². The molecule has 2 heteroatoms. The van der Waals surface area contributed by atoms with Crippen molar-refractivity contribution >= 4 is 0 Å². The number of hydrogen-bond donors (Lipinski definition) is 0. The smallest absolute Gasteiger partial charge is 0.126 e. The molecule has 0 bridgehead atoms. The van der Waals surface area contributed by atoms with E-state index in [9.17, 15) is 0 Å². The van der Waals surface area contributed by atoms with E-state index in [1.807, 2.05) is 18.4 Å². The quantitative estimate of drug-likeness (QED) is 0.529. The Hall–Kier alpha value is -1.28. The van der Waals surface area contributed by atoms with E-state index in [-0.39, 0.29) is 5.60 Å². The molecular formula is C18H26O2. The molecule has 1 aliphatic heterocycles. The summed E-state index contributed by atoms with van der Waals surface area (Å²) in [5, 5.41) is 0. The van der Waals surface area contributed by atoms with Gasteiger partial charge in [-0.2, -0.15) is 0 Å². The van der Waals surface area contributed by atoms with E-state index in [1.165, 1.54) is 5.56 Å². The molecule has 1 aromatic rings. The summed E-state index contributed by atoms with van der Waals surface area (Å²) in [6.07, 6.45) is 7.72. The highest BCUT2D eigenvalue weighted by atomic mass is 16.6. The Balaban J connectivity index is 1.69. The lowest BCUT2D eigenvalue weighted by atomic mass is 10.00. The number of rotatable bonds is 7. The Morgan fingerprint density at radius 2 is 1.95 bits per heavy atom. The Morgan fingerprint density at radius 3 is 2.50 bits per heavy atom. The summed E-state index contributed by atoms with van der Waals surface area (Å²) in [4.78, 5) is 0. The van der Waals surface area contributed by atoms with E-state index in [0.717, 1.165) is 25.0 Å². The minimum Gasteiger partial charge on any atom is -0.465 e. The van der Waals surface area contributed by atoms with Crippen LogP contribution < -0.4 is 4.74 Å². The highest BCUT2D eigenvalue weighted by molar-refractivity contribution is 5.27. The first kappa shape index (κ1) is 15.1. The van der Waals surface area contributed by atoms with Crippen LogP contribution >= 0.6 is 0 Å². The molecule has 1 fully saturated rings. The van der Waals surface area contributed by atoms with E-state index in [1.54, 1.807) is 0 Å². The topological polar surface area (TPSA) is 21.8 Å². The van der Waals surface area contributed by atoms with Gasteiger partial charge in [-0.1, -0.05) is 26.0 Å². The van der Waals surface area contributed by atoms with Crippen LogP contribution in [0.15, 0.2) is 36.6 Å². The van der Waals surface area contributed by atoms with Crippen LogP contribution in [0.1, 0.15) is 46.1 Å². The largest absolute Gasteiger partial charge is 0.465 e. The molecule has 1 saturated heterocycles. The molecule has 110 valence electrons. The third-order valence-corrected chi connectivity index (χ3v) is 3.99. The van der Waals surface area contributed by atoms with E-state index >= 15 is 0 Å². The number of benzene rings is 1. The van der Waals surface area contributed by atoms with Gasteiger partial charge in [0.25, 0.3) is 0 Å². The number of allylic oxidation sites excluding steroid dienone is 1. The Labute approximate surface area is 122 Å². The average Bonchev–Trinajstić information content (AvgIpc) is 3.05. The molecule has 0 amide bonds. The van der Waals surface area contributed by atoms with Crippen molar-refractivity contribution in [3.05, 3.63) is 42.2 Å². The Bertz CT molecular complexity index is 445. The molecule has 2 unspecified atom stereocenters. The maximum Gasteiger partial charge on any atom is 0.126 e. The molecule has 0 aromatic heterocycles. The molecule has 1 aliphatic rings. The lowest BCUT2D eigenvalue weighted by Gasteiger charge is -2.06. The number of hydrogen-bond acceptors (Lipinski definition) is 2. The number of ether oxygens (including phenoxy) is 2. The van der Waals surface area contributed by atoms with Crippen LogP contribution in [0.5, 0.6) is 5.75 Å². The third kappa shape index (κ3) is 4.38. The highest BCUT2D eigenvalue weighted by Gasteiger charge is 2.46. The van der Waals surface area contributed by atoms with Crippen molar-refractivity contribution < 1.29 is 9.47 Å². The molecule has 2 rings (SSSR count). The van der Waals surface area contributed by atoms with Gasteiger partial charge in [0.15, 0.2) is 0 Å². The predicted molar refractivity (Wildman–Crippen MR) is 82.9 cm³/mol. The second kappa shape index (κ2) is 6.45. The fourth-order valence-electron chi connectivity index (χ4n) is 2.31. The Kier molecular flexibility index (Phi) is 4.87. The zero-order valence-electron chi connectivity index (χ0n) is 13.1. The van der Waals surface area contributed by atoms with Gasteiger partial charge >= 0.3 is 0 Å². The lowest BCUT2D eigenvalue weighted by Crippen LogP contribution is -2.04. The number of epoxide rings is 1. The predicted octanol–water partition coefficient (Wildman–Crippen LogP) is 4.74. The minimum absolute atomic E-state index is 0.112. The molecule has 0 spiro atoms. The van der Waals surface area contributed by atoms with E-state index in [4.69, 9.17) is 9.47 Å². The fraction of sp³-hybridized carbons (Fsp3) is 0.556. The van der Waals surface area contributed by atoms with E-state index < -0.39 is 0 Å². The van der Waals surface area contributed by atoms with Gasteiger partial charge in [0.2, 0.25) is 0 Å². The van der Waals surface area contributed by atoms with Gasteiger partial charge in [-0.3, -0.25) is 0 Å². The normalized spacial score (nSPS) is 21.9. The van der Waals surface area contributed by atoms with Crippen molar-refractivity contribution in [3.8, 4) is 5.75 Å². The van der Waals surface area contributed by atoms with Crippen LogP contribution in [0.25, 0.3) is 0 Å². The lowest BCUT2D eigenvalue weighted by molar-refractivity contribution is 0.316. The molecule has 2 nitrogen and oxygen atoms in total. The molecular weight excluding hydrogens is 248 g/mol. The van der Waals surface area contributed by atoms with Crippen LogP contribution in [0.2, 0.25) is 0 Å². The number of aryl methyl sites for hydroxylation is 1. The summed E-state index contributed by atoms with van der Waals surface area (Å²) < 4.78 is 11.2. The molecule has 1 heterocycles. The van der Waals surface area contributed by atoms with Crippen molar-refractivity contribution in [1.29, 1.82) is 0 Å². The third-order valence-electron chi connectivity index (χ3n) is 3.99. The fourth-order valence-corrected chi connectivity index (χ4v) is 2.31. The molecule has 1 aromatic carbocycles. The van der Waals surface area contributed by atoms with Gasteiger partial charge in [0, 0.05) is 0 Å². The average molecular weight is 274 g/mol. The summed E-state index contributed by atoms with van der Waals surface area (Å²) in [6, 6.07) is 8.26. The molecule has 0 saturated carbocycles. The van der Waals surface area contributed by atoms with Crippen LogP contribution in [0.4, 0.5) is 0 Å². The maximum atomic E-state index is 5.63. The first-order valence-corrected chi connectivity index (χ1v) is 7.61. The Morgan fingerprint density at radius 1 is 1.30 bits per heavy atom. The summed E-state index contributed by atoms with van der Waals surface area (Å²) in [5.74, 6) is 1.42.